The van der Waals surface area contributed by atoms with Crippen LogP contribution in [0.5, 0.6) is 5.75 Å². The second-order valence-electron chi connectivity index (χ2n) is 16.9. The number of halogens is 1. The standard InChI is InChI=1S/C45H53ClN10O5/c1-29(2)55-19-14-36-39(55)25-32(26-40(36)56-20-15-42(57)49-45(56)60)44(59)54-23-21-52(22-24-54)16-11-30-12-17-53(18-13-30)41-10-9-38(50-51-41)43(58)48-33-4-7-34(8-5-33)61-35-6-3-31(28-47)37(46)27-35/h3,6,9-10,14,19,25-27,29-30,33-34H,4-5,7-8,11-13,15-18,20-24H2,1-2H3,(H,48,58)(H,49,57,60). The lowest BCUT2D eigenvalue weighted by molar-refractivity contribution is -0.120. The van der Waals surface area contributed by atoms with Crippen molar-refractivity contribution in [2.24, 2.45) is 5.92 Å². The van der Waals surface area contributed by atoms with Crippen molar-refractivity contribution >= 4 is 57.8 Å². The minimum atomic E-state index is -0.463. The Balaban J connectivity index is 0.763. The second kappa shape index (κ2) is 18.5. The minimum absolute atomic E-state index is 0.0229. The first-order valence-electron chi connectivity index (χ1n) is 21.6. The zero-order chi connectivity index (χ0) is 42.6. The van der Waals surface area contributed by atoms with E-state index in [1.807, 2.05) is 35.4 Å². The van der Waals surface area contributed by atoms with Crippen molar-refractivity contribution in [2.45, 2.75) is 83.4 Å². The molecule has 4 aliphatic rings. The van der Waals surface area contributed by atoms with E-state index in [0.29, 0.717) is 52.3 Å². The predicted octanol–water partition coefficient (Wildman–Crippen LogP) is 6.17. The molecule has 61 heavy (non-hydrogen) atoms. The summed E-state index contributed by atoms with van der Waals surface area (Å²) in [6.45, 7) is 10.1. The SMILES string of the molecule is CC(C)n1ccc2c(N3CCC(=O)NC3=O)cc(C(=O)N3CCN(CCC4CCN(c5ccc(C(=O)NC6CCC(Oc7ccc(C#N)c(Cl)c7)CC6)nn5)CC4)CC3)cc21. The van der Waals surface area contributed by atoms with Gasteiger partial charge in [-0.2, -0.15) is 5.26 Å². The molecule has 5 amide bonds. The van der Waals surface area contributed by atoms with E-state index in [1.54, 1.807) is 29.2 Å². The highest BCUT2D eigenvalue weighted by molar-refractivity contribution is 6.31. The number of rotatable bonds is 11. The summed E-state index contributed by atoms with van der Waals surface area (Å²) in [5.41, 5.74) is 2.81. The number of nitrogens with zero attached hydrogens (tertiary/aromatic N) is 8. The number of imide groups is 1. The van der Waals surface area contributed by atoms with Crippen LogP contribution >= 0.6 is 11.6 Å². The molecule has 4 fully saturated rings. The molecular formula is C45H53ClN10O5. The molecule has 0 radical (unpaired) electrons. The van der Waals surface area contributed by atoms with Crippen LogP contribution in [0.4, 0.5) is 16.3 Å². The second-order valence-corrected chi connectivity index (χ2v) is 17.4. The fourth-order valence-corrected chi connectivity index (χ4v) is 9.27. The van der Waals surface area contributed by atoms with Crippen molar-refractivity contribution in [1.29, 1.82) is 5.26 Å². The van der Waals surface area contributed by atoms with Gasteiger partial charge in [-0.25, -0.2) is 4.79 Å². The topological polar surface area (TPSA) is 169 Å². The molecule has 0 spiro atoms. The van der Waals surface area contributed by atoms with Gasteiger partial charge in [0.15, 0.2) is 11.5 Å². The number of nitriles is 1. The number of carbonyl (C=O) groups is 4. The van der Waals surface area contributed by atoms with E-state index in [1.165, 1.54) is 0 Å². The third kappa shape index (κ3) is 9.61. The van der Waals surface area contributed by atoms with Gasteiger partial charge in [0.1, 0.15) is 11.8 Å². The van der Waals surface area contributed by atoms with Crippen LogP contribution in [-0.2, 0) is 4.79 Å². The van der Waals surface area contributed by atoms with Crippen LogP contribution in [0.3, 0.4) is 0 Å². The lowest BCUT2D eigenvalue weighted by Gasteiger charge is -2.37. The van der Waals surface area contributed by atoms with E-state index in [-0.39, 0.29) is 48.9 Å². The number of benzene rings is 2. The van der Waals surface area contributed by atoms with E-state index in [4.69, 9.17) is 21.6 Å². The van der Waals surface area contributed by atoms with Crippen molar-refractivity contribution < 1.29 is 23.9 Å². The van der Waals surface area contributed by atoms with Crippen LogP contribution in [0.15, 0.2) is 54.7 Å². The van der Waals surface area contributed by atoms with Gasteiger partial charge < -0.3 is 24.4 Å². The highest BCUT2D eigenvalue weighted by Crippen LogP contribution is 2.34. The molecule has 15 nitrogen and oxygen atoms in total. The summed E-state index contributed by atoms with van der Waals surface area (Å²) in [5, 5.41) is 24.6. The Kier molecular flexibility index (Phi) is 12.7. The van der Waals surface area contributed by atoms with Gasteiger partial charge >= 0.3 is 6.03 Å². The summed E-state index contributed by atoms with van der Waals surface area (Å²) in [4.78, 5) is 59.9. The molecule has 320 valence electrons. The molecule has 0 unspecified atom stereocenters. The summed E-state index contributed by atoms with van der Waals surface area (Å²) in [6.07, 6.45) is 8.59. The number of carbonyl (C=O) groups excluding carboxylic acids is 4. The first kappa shape index (κ1) is 42.0. The van der Waals surface area contributed by atoms with Crippen LogP contribution in [0.2, 0.25) is 5.02 Å². The fourth-order valence-electron chi connectivity index (χ4n) is 9.06. The maximum absolute atomic E-state index is 14.0. The summed E-state index contributed by atoms with van der Waals surface area (Å²) in [7, 11) is 0. The van der Waals surface area contributed by atoms with Gasteiger partial charge in [0, 0.05) is 87.5 Å². The number of hydrogen-bond acceptors (Lipinski definition) is 10. The molecule has 5 heterocycles. The normalized spacial score (nSPS) is 20.5. The predicted molar refractivity (Wildman–Crippen MR) is 232 cm³/mol. The Labute approximate surface area is 360 Å². The summed E-state index contributed by atoms with van der Waals surface area (Å²) in [6, 6.07) is 16.3. The number of hydrogen-bond donors (Lipinski definition) is 2. The van der Waals surface area contributed by atoms with Crippen LogP contribution in [0, 0.1) is 17.2 Å². The van der Waals surface area contributed by atoms with Gasteiger partial charge in [0.05, 0.1) is 27.9 Å². The molecule has 0 atom stereocenters. The number of piperazine rings is 1. The number of anilines is 2. The van der Waals surface area contributed by atoms with Crippen molar-refractivity contribution in [1.82, 2.24) is 35.2 Å². The zero-order valence-corrected chi connectivity index (χ0v) is 35.6. The molecule has 16 heteroatoms. The first-order chi connectivity index (χ1) is 29.5. The Hall–Kier alpha value is -5.72. The zero-order valence-electron chi connectivity index (χ0n) is 34.8. The average molecular weight is 849 g/mol. The van der Waals surface area contributed by atoms with E-state index >= 15 is 0 Å². The van der Waals surface area contributed by atoms with E-state index in [2.05, 4.69) is 55.1 Å². The van der Waals surface area contributed by atoms with Crippen LogP contribution in [-0.4, -0.2) is 113 Å². The van der Waals surface area contributed by atoms with Gasteiger partial charge in [-0.05, 0) is 114 Å². The number of ether oxygens (including phenoxy) is 1. The monoisotopic (exact) mass is 848 g/mol. The van der Waals surface area contributed by atoms with Crippen LogP contribution in [0.25, 0.3) is 10.9 Å². The maximum Gasteiger partial charge on any atom is 0.328 e. The lowest BCUT2D eigenvalue weighted by atomic mass is 9.92. The van der Waals surface area contributed by atoms with Crippen molar-refractivity contribution in [3.63, 3.8) is 0 Å². The van der Waals surface area contributed by atoms with Gasteiger partial charge in [-0.3, -0.25) is 29.5 Å². The number of urea groups is 1. The van der Waals surface area contributed by atoms with E-state index < -0.39 is 6.03 Å². The summed E-state index contributed by atoms with van der Waals surface area (Å²) >= 11 is 6.15. The molecule has 3 aliphatic heterocycles. The summed E-state index contributed by atoms with van der Waals surface area (Å²) < 4.78 is 8.20. The van der Waals surface area contributed by atoms with Gasteiger partial charge in [0.2, 0.25) is 5.91 Å². The number of aromatic nitrogens is 3. The van der Waals surface area contributed by atoms with Crippen molar-refractivity contribution in [2.75, 3.05) is 62.2 Å². The Morgan fingerprint density at radius 1 is 0.934 bits per heavy atom. The quantitative estimate of drug-likeness (QED) is 0.178. The average Bonchev–Trinajstić information content (AvgIpc) is 3.71. The molecule has 8 rings (SSSR count). The highest BCUT2D eigenvalue weighted by Gasteiger charge is 2.30. The van der Waals surface area contributed by atoms with Gasteiger partial charge in [-0.15, -0.1) is 10.2 Å². The van der Waals surface area contributed by atoms with Crippen LogP contribution < -0.4 is 25.2 Å². The number of fused-ring (bicyclic) bond motifs is 1. The fraction of sp³-hybridized carbons (Fsp3) is 0.489. The van der Waals surface area contributed by atoms with E-state index in [9.17, 15) is 19.2 Å². The Bertz CT molecular complexity index is 2300. The third-order valence-corrected chi connectivity index (χ3v) is 13.0. The molecule has 1 saturated carbocycles. The Morgan fingerprint density at radius 2 is 1.70 bits per heavy atom. The molecule has 0 bridgehead atoms. The number of nitrogens with one attached hydrogen (secondary N) is 2. The molecule has 2 N–H and O–H groups in total. The highest BCUT2D eigenvalue weighted by atomic mass is 35.5. The molecule has 3 saturated heterocycles. The first-order valence-corrected chi connectivity index (χ1v) is 21.9. The Morgan fingerprint density at radius 3 is 2.38 bits per heavy atom. The molecular weight excluding hydrogens is 796 g/mol. The third-order valence-electron chi connectivity index (χ3n) is 12.7. The van der Waals surface area contributed by atoms with Gasteiger partial charge in [0.25, 0.3) is 11.8 Å². The number of piperidine rings is 1. The van der Waals surface area contributed by atoms with Crippen molar-refractivity contribution in [3.8, 4) is 11.8 Å². The van der Waals surface area contributed by atoms with Crippen LogP contribution in [0.1, 0.15) is 97.7 Å². The largest absolute Gasteiger partial charge is 0.490 e. The smallest absolute Gasteiger partial charge is 0.328 e. The number of amides is 5. The van der Waals surface area contributed by atoms with Gasteiger partial charge in [-0.1, -0.05) is 11.6 Å². The maximum atomic E-state index is 14.0. The molecule has 2 aromatic heterocycles. The molecule has 2 aromatic carbocycles. The van der Waals surface area contributed by atoms with Crippen molar-refractivity contribution in [3.05, 3.63) is 76.6 Å². The molecule has 4 aromatic rings. The lowest BCUT2D eigenvalue weighted by Crippen LogP contribution is -2.50. The summed E-state index contributed by atoms with van der Waals surface area (Å²) in [5.74, 6) is 1.47. The van der Waals surface area contributed by atoms with E-state index in [0.717, 1.165) is 94.4 Å². The molecule has 1 aliphatic carbocycles. The minimum Gasteiger partial charge on any atom is -0.490 e.